The number of nitrogens with one attached hydrogen (secondary N) is 1. The van der Waals surface area contributed by atoms with Crippen LogP contribution in [-0.2, 0) is 0 Å². The number of anilines is 1. The van der Waals surface area contributed by atoms with Crippen LogP contribution in [0.15, 0.2) is 47.4 Å². The number of alkyl halides is 3. The predicted molar refractivity (Wildman–Crippen MR) is 90.8 cm³/mol. The number of carbonyl (C=O) groups is 1. The monoisotopic (exact) mass is 386 g/mol. The number of halogens is 3. The first-order chi connectivity index (χ1) is 12.2. The van der Waals surface area contributed by atoms with E-state index in [9.17, 15) is 28.1 Å². The number of rotatable bonds is 6. The molecule has 0 aliphatic heterocycles. The SMILES string of the molecule is CSc1ccc(NC(=O)c2cc(OCC(F)(F)F)ccc2[N+](=O)[O-])cc1. The average molecular weight is 386 g/mol. The lowest BCUT2D eigenvalue weighted by Gasteiger charge is -2.11. The second kappa shape index (κ2) is 8.09. The van der Waals surface area contributed by atoms with Gasteiger partial charge in [-0.2, -0.15) is 13.2 Å². The molecule has 2 aromatic rings. The molecule has 0 atom stereocenters. The second-order valence-corrected chi connectivity index (χ2v) is 5.90. The zero-order valence-electron chi connectivity index (χ0n) is 13.4. The van der Waals surface area contributed by atoms with Gasteiger partial charge >= 0.3 is 6.18 Å². The summed E-state index contributed by atoms with van der Waals surface area (Å²) < 4.78 is 41.3. The number of thioether (sulfide) groups is 1. The topological polar surface area (TPSA) is 81.5 Å². The van der Waals surface area contributed by atoms with Crippen LogP contribution in [0.4, 0.5) is 24.5 Å². The molecule has 0 saturated carbocycles. The molecule has 2 rings (SSSR count). The largest absolute Gasteiger partial charge is 0.484 e. The van der Waals surface area contributed by atoms with Crippen LogP contribution in [0.2, 0.25) is 0 Å². The fourth-order valence-corrected chi connectivity index (χ4v) is 2.39. The number of ether oxygens (including phenoxy) is 1. The Balaban J connectivity index is 2.25. The van der Waals surface area contributed by atoms with Crippen LogP contribution in [0.5, 0.6) is 5.75 Å². The summed E-state index contributed by atoms with van der Waals surface area (Å²) >= 11 is 1.50. The highest BCUT2D eigenvalue weighted by molar-refractivity contribution is 7.98. The van der Waals surface area contributed by atoms with E-state index in [1.54, 1.807) is 24.3 Å². The molecule has 0 aliphatic carbocycles. The van der Waals surface area contributed by atoms with E-state index in [4.69, 9.17) is 0 Å². The molecular weight excluding hydrogens is 373 g/mol. The molecule has 1 amide bonds. The third-order valence-electron chi connectivity index (χ3n) is 3.16. The molecule has 2 aromatic carbocycles. The fourth-order valence-electron chi connectivity index (χ4n) is 1.98. The van der Waals surface area contributed by atoms with Gasteiger partial charge < -0.3 is 10.1 Å². The second-order valence-electron chi connectivity index (χ2n) is 5.02. The first-order valence-corrected chi connectivity index (χ1v) is 8.35. The van der Waals surface area contributed by atoms with Crippen molar-refractivity contribution in [3.63, 3.8) is 0 Å². The third kappa shape index (κ3) is 5.38. The zero-order chi connectivity index (χ0) is 19.3. The fraction of sp³-hybridized carbons (Fsp3) is 0.188. The molecule has 0 spiro atoms. The number of nitro groups is 1. The predicted octanol–water partition coefficient (Wildman–Crippen LogP) is 4.51. The number of hydrogen-bond acceptors (Lipinski definition) is 5. The Morgan fingerprint density at radius 1 is 1.23 bits per heavy atom. The molecule has 10 heteroatoms. The minimum atomic E-state index is -4.57. The molecule has 26 heavy (non-hydrogen) atoms. The van der Waals surface area contributed by atoms with Gasteiger partial charge in [0.25, 0.3) is 11.6 Å². The zero-order valence-corrected chi connectivity index (χ0v) is 14.2. The number of nitro benzene ring substituents is 1. The van der Waals surface area contributed by atoms with Crippen LogP contribution in [-0.4, -0.2) is 29.9 Å². The van der Waals surface area contributed by atoms with E-state index >= 15 is 0 Å². The summed E-state index contributed by atoms with van der Waals surface area (Å²) in [5.74, 6) is -1.12. The highest BCUT2D eigenvalue weighted by atomic mass is 32.2. The lowest BCUT2D eigenvalue weighted by molar-refractivity contribution is -0.385. The maximum Gasteiger partial charge on any atom is 0.422 e. The summed E-state index contributed by atoms with van der Waals surface area (Å²) in [6.07, 6.45) is -2.69. The smallest absolute Gasteiger partial charge is 0.422 e. The Kier molecular flexibility index (Phi) is 6.09. The van der Waals surface area contributed by atoms with Crippen molar-refractivity contribution in [1.29, 1.82) is 0 Å². The van der Waals surface area contributed by atoms with E-state index in [1.807, 2.05) is 6.26 Å². The first-order valence-electron chi connectivity index (χ1n) is 7.13. The van der Waals surface area contributed by atoms with E-state index in [0.717, 1.165) is 23.1 Å². The van der Waals surface area contributed by atoms with Gasteiger partial charge in [0.15, 0.2) is 6.61 Å². The summed E-state index contributed by atoms with van der Waals surface area (Å²) in [5.41, 5.74) is -0.546. The molecule has 0 radical (unpaired) electrons. The summed E-state index contributed by atoms with van der Waals surface area (Å²) in [4.78, 5) is 23.6. The van der Waals surface area contributed by atoms with Gasteiger partial charge in [-0.25, -0.2) is 0 Å². The maximum absolute atomic E-state index is 12.3. The van der Waals surface area contributed by atoms with Gasteiger partial charge in [-0.1, -0.05) is 0 Å². The molecule has 0 fully saturated rings. The Bertz CT molecular complexity index is 810. The molecular formula is C16H13F3N2O4S. The summed E-state index contributed by atoms with van der Waals surface area (Å²) in [6, 6.07) is 9.56. The normalized spacial score (nSPS) is 11.1. The van der Waals surface area contributed by atoms with Gasteiger partial charge in [-0.3, -0.25) is 14.9 Å². The van der Waals surface area contributed by atoms with E-state index in [0.29, 0.717) is 5.69 Å². The average Bonchev–Trinajstić information content (AvgIpc) is 2.59. The number of benzene rings is 2. The maximum atomic E-state index is 12.3. The molecule has 0 heterocycles. The molecule has 0 unspecified atom stereocenters. The van der Waals surface area contributed by atoms with Gasteiger partial charge in [0.1, 0.15) is 11.3 Å². The highest BCUT2D eigenvalue weighted by Crippen LogP contribution is 2.27. The summed E-state index contributed by atoms with van der Waals surface area (Å²) in [5, 5.41) is 13.6. The molecule has 0 saturated heterocycles. The van der Waals surface area contributed by atoms with Crippen LogP contribution >= 0.6 is 11.8 Å². The molecule has 0 aromatic heterocycles. The molecule has 138 valence electrons. The lowest BCUT2D eigenvalue weighted by atomic mass is 10.1. The Morgan fingerprint density at radius 2 is 1.88 bits per heavy atom. The van der Waals surface area contributed by atoms with Crippen molar-refractivity contribution < 1.29 is 27.6 Å². The minimum Gasteiger partial charge on any atom is -0.484 e. The van der Waals surface area contributed by atoms with Gasteiger partial charge in [0.2, 0.25) is 0 Å². The van der Waals surface area contributed by atoms with Crippen molar-refractivity contribution >= 4 is 29.0 Å². The van der Waals surface area contributed by atoms with Crippen LogP contribution in [0, 0.1) is 10.1 Å². The quantitative estimate of drug-likeness (QED) is 0.449. The van der Waals surface area contributed by atoms with Crippen LogP contribution < -0.4 is 10.1 Å². The van der Waals surface area contributed by atoms with Crippen molar-refractivity contribution in [3.8, 4) is 5.75 Å². The molecule has 6 nitrogen and oxygen atoms in total. The number of carbonyl (C=O) groups excluding carboxylic acids is 1. The van der Waals surface area contributed by atoms with Crippen molar-refractivity contribution in [1.82, 2.24) is 0 Å². The van der Waals surface area contributed by atoms with Gasteiger partial charge in [-0.05, 0) is 42.7 Å². The third-order valence-corrected chi connectivity index (χ3v) is 3.90. The standard InChI is InChI=1S/C16H13F3N2O4S/c1-26-12-5-2-10(3-6-12)20-15(22)13-8-11(25-9-16(17,18)19)4-7-14(13)21(23)24/h2-8H,9H2,1H3,(H,20,22). The van der Waals surface area contributed by atoms with Gasteiger partial charge in [0, 0.05) is 16.6 Å². The van der Waals surface area contributed by atoms with Gasteiger partial charge in [0.05, 0.1) is 4.92 Å². The Hall–Kier alpha value is -2.75. The van der Waals surface area contributed by atoms with Crippen LogP contribution in [0.1, 0.15) is 10.4 Å². The van der Waals surface area contributed by atoms with Crippen molar-refractivity contribution in [2.45, 2.75) is 11.1 Å². The van der Waals surface area contributed by atoms with Crippen molar-refractivity contribution in [2.24, 2.45) is 0 Å². The Labute approximate surface area is 150 Å². The van der Waals surface area contributed by atoms with Crippen molar-refractivity contribution in [2.75, 3.05) is 18.2 Å². The first kappa shape index (κ1) is 19.6. The Morgan fingerprint density at radius 3 is 2.42 bits per heavy atom. The lowest BCUT2D eigenvalue weighted by Crippen LogP contribution is -2.20. The molecule has 0 bridgehead atoms. The van der Waals surface area contributed by atoms with Gasteiger partial charge in [-0.15, -0.1) is 11.8 Å². The minimum absolute atomic E-state index is 0.296. The van der Waals surface area contributed by atoms with E-state index in [2.05, 4.69) is 10.1 Å². The molecule has 1 N–H and O–H groups in total. The van der Waals surface area contributed by atoms with E-state index in [-0.39, 0.29) is 5.75 Å². The highest BCUT2D eigenvalue weighted by Gasteiger charge is 2.29. The van der Waals surface area contributed by atoms with E-state index < -0.39 is 34.9 Å². The summed E-state index contributed by atoms with van der Waals surface area (Å²) in [7, 11) is 0. The van der Waals surface area contributed by atoms with Crippen molar-refractivity contribution in [3.05, 3.63) is 58.1 Å². The number of amides is 1. The van der Waals surface area contributed by atoms with Crippen LogP contribution in [0.25, 0.3) is 0 Å². The number of nitrogens with zero attached hydrogens (tertiary/aromatic N) is 1. The summed E-state index contributed by atoms with van der Waals surface area (Å²) in [6.45, 7) is -1.57. The number of hydrogen-bond donors (Lipinski definition) is 1. The van der Waals surface area contributed by atoms with E-state index in [1.165, 1.54) is 11.8 Å². The van der Waals surface area contributed by atoms with Crippen LogP contribution in [0.3, 0.4) is 0 Å². The molecule has 0 aliphatic rings.